The molecule has 0 saturated carbocycles. The van der Waals surface area contributed by atoms with E-state index in [-0.39, 0.29) is 0 Å². The van der Waals surface area contributed by atoms with Gasteiger partial charge in [0.15, 0.2) is 0 Å². The number of hydrogen-bond donors (Lipinski definition) is 1. The molecule has 0 amide bonds. The summed E-state index contributed by atoms with van der Waals surface area (Å²) >= 11 is 5.80. The molecule has 2 aromatic rings. The number of ether oxygens (including phenoxy) is 1. The molecule has 2 aromatic heterocycles. The van der Waals surface area contributed by atoms with Gasteiger partial charge in [0.25, 0.3) is 0 Å². The van der Waals surface area contributed by atoms with Crippen molar-refractivity contribution in [2.45, 2.75) is 32.2 Å². The summed E-state index contributed by atoms with van der Waals surface area (Å²) in [6, 6.07) is 0.412. The van der Waals surface area contributed by atoms with Gasteiger partial charge >= 0.3 is 0 Å². The van der Waals surface area contributed by atoms with E-state index in [0.717, 1.165) is 38.2 Å². The number of aromatic nitrogens is 4. The zero-order valence-electron chi connectivity index (χ0n) is 11.9. The van der Waals surface area contributed by atoms with Crippen molar-refractivity contribution in [1.82, 2.24) is 19.7 Å². The topological polar surface area (TPSA) is 64.9 Å². The quantitative estimate of drug-likeness (QED) is 0.940. The first-order valence-corrected chi connectivity index (χ1v) is 7.54. The highest BCUT2D eigenvalue weighted by Gasteiger charge is 2.20. The minimum Gasteiger partial charge on any atom is -0.381 e. The number of halogens is 1. The molecule has 3 heterocycles. The van der Waals surface area contributed by atoms with Crippen LogP contribution < -0.4 is 5.32 Å². The molecule has 1 aliphatic heterocycles. The van der Waals surface area contributed by atoms with Crippen LogP contribution in [0.25, 0.3) is 0 Å². The number of nitrogens with one attached hydrogen (secondary N) is 1. The number of nitrogens with zero attached hydrogens (tertiary/aromatic N) is 4. The molecule has 6 nitrogen and oxygen atoms in total. The molecule has 7 heteroatoms. The van der Waals surface area contributed by atoms with Crippen LogP contribution >= 0.6 is 11.6 Å². The van der Waals surface area contributed by atoms with Crippen molar-refractivity contribution < 1.29 is 4.74 Å². The summed E-state index contributed by atoms with van der Waals surface area (Å²) in [5, 5.41) is 8.28. The first-order chi connectivity index (χ1) is 10.3. The summed E-state index contributed by atoms with van der Waals surface area (Å²) in [5.74, 6) is 0.528. The Morgan fingerprint density at radius 1 is 1.29 bits per heavy atom. The van der Waals surface area contributed by atoms with Crippen molar-refractivity contribution >= 4 is 23.2 Å². The van der Waals surface area contributed by atoms with Crippen molar-refractivity contribution in [2.24, 2.45) is 0 Å². The summed E-state index contributed by atoms with van der Waals surface area (Å²) in [7, 11) is 0. The van der Waals surface area contributed by atoms with Gasteiger partial charge in [-0.1, -0.05) is 18.5 Å². The van der Waals surface area contributed by atoms with Gasteiger partial charge in [-0.15, -0.1) is 0 Å². The van der Waals surface area contributed by atoms with E-state index in [1.165, 1.54) is 5.69 Å². The molecular formula is C14H18ClN5O. The molecule has 1 N–H and O–H groups in total. The van der Waals surface area contributed by atoms with Gasteiger partial charge in [-0.3, -0.25) is 4.68 Å². The van der Waals surface area contributed by atoms with E-state index in [1.54, 1.807) is 12.4 Å². The van der Waals surface area contributed by atoms with Crippen molar-refractivity contribution in [1.29, 1.82) is 0 Å². The van der Waals surface area contributed by atoms with E-state index < -0.39 is 0 Å². The van der Waals surface area contributed by atoms with Gasteiger partial charge in [-0.25, -0.2) is 9.97 Å². The van der Waals surface area contributed by atoms with Crippen LogP contribution in [0, 0.1) is 0 Å². The summed E-state index contributed by atoms with van der Waals surface area (Å²) in [5.41, 5.74) is 2.12. The Kier molecular flexibility index (Phi) is 4.36. The summed E-state index contributed by atoms with van der Waals surface area (Å²) in [4.78, 5) is 8.32. The maximum Gasteiger partial charge on any atom is 0.227 e. The smallest absolute Gasteiger partial charge is 0.227 e. The Morgan fingerprint density at radius 2 is 2.00 bits per heavy atom. The highest BCUT2D eigenvalue weighted by molar-refractivity contribution is 6.30. The van der Waals surface area contributed by atoms with Crippen LogP contribution in [0.4, 0.5) is 11.6 Å². The molecule has 21 heavy (non-hydrogen) atoms. The normalized spacial score (nSPS) is 16.1. The highest BCUT2D eigenvalue weighted by Crippen LogP contribution is 2.27. The molecule has 1 fully saturated rings. The largest absolute Gasteiger partial charge is 0.381 e. The second-order valence-corrected chi connectivity index (χ2v) is 5.43. The van der Waals surface area contributed by atoms with Crippen LogP contribution in [-0.2, 0) is 11.2 Å². The van der Waals surface area contributed by atoms with Crippen LogP contribution in [-0.4, -0.2) is 33.0 Å². The van der Waals surface area contributed by atoms with Crippen LogP contribution in [0.2, 0.25) is 5.02 Å². The van der Waals surface area contributed by atoms with Crippen molar-refractivity contribution in [3.8, 4) is 0 Å². The fraction of sp³-hybridized carbons (Fsp3) is 0.500. The lowest BCUT2D eigenvalue weighted by Crippen LogP contribution is -2.22. The Bertz CT molecular complexity index is 592. The van der Waals surface area contributed by atoms with Gasteiger partial charge in [0.1, 0.15) is 0 Å². The molecule has 0 radical (unpaired) electrons. The van der Waals surface area contributed by atoms with E-state index in [4.69, 9.17) is 16.3 Å². The minimum absolute atomic E-state index is 0.412. The van der Waals surface area contributed by atoms with Crippen LogP contribution in [0.15, 0.2) is 18.6 Å². The SMILES string of the molecule is CCc1c(Nc2ncc(Cl)cn2)cnn1C1CCOCC1. The molecule has 0 bridgehead atoms. The fourth-order valence-corrected chi connectivity index (χ4v) is 2.68. The Hall–Kier alpha value is -1.66. The van der Waals surface area contributed by atoms with Gasteiger partial charge in [0.2, 0.25) is 5.95 Å². The summed E-state index contributed by atoms with van der Waals surface area (Å²) < 4.78 is 7.53. The van der Waals surface area contributed by atoms with Crippen molar-refractivity contribution in [3.05, 3.63) is 29.3 Å². The molecule has 0 unspecified atom stereocenters. The maximum absolute atomic E-state index is 5.80. The molecule has 0 atom stereocenters. The lowest BCUT2D eigenvalue weighted by Gasteiger charge is -2.24. The van der Waals surface area contributed by atoms with Crippen LogP contribution in [0.3, 0.4) is 0 Å². The monoisotopic (exact) mass is 307 g/mol. The van der Waals surface area contributed by atoms with Gasteiger partial charge < -0.3 is 10.1 Å². The Morgan fingerprint density at radius 3 is 2.67 bits per heavy atom. The first-order valence-electron chi connectivity index (χ1n) is 7.16. The predicted octanol–water partition coefficient (Wildman–Crippen LogP) is 2.98. The van der Waals surface area contributed by atoms with Gasteiger partial charge in [0, 0.05) is 13.2 Å². The molecule has 3 rings (SSSR count). The van der Waals surface area contributed by atoms with Crippen molar-refractivity contribution in [2.75, 3.05) is 18.5 Å². The molecule has 0 aliphatic carbocycles. The summed E-state index contributed by atoms with van der Waals surface area (Å²) in [6.45, 7) is 3.73. The average Bonchev–Trinajstić information content (AvgIpc) is 2.93. The average molecular weight is 308 g/mol. The van der Waals surface area contributed by atoms with Crippen molar-refractivity contribution in [3.63, 3.8) is 0 Å². The lowest BCUT2D eigenvalue weighted by molar-refractivity contribution is 0.0655. The van der Waals surface area contributed by atoms with E-state index in [9.17, 15) is 0 Å². The number of rotatable bonds is 4. The zero-order valence-corrected chi connectivity index (χ0v) is 12.7. The van der Waals surface area contributed by atoms with Crippen LogP contribution in [0.1, 0.15) is 31.5 Å². The minimum atomic E-state index is 0.412. The molecular weight excluding hydrogens is 290 g/mol. The highest BCUT2D eigenvalue weighted by atomic mass is 35.5. The summed E-state index contributed by atoms with van der Waals surface area (Å²) in [6.07, 6.45) is 7.90. The van der Waals surface area contributed by atoms with E-state index in [1.807, 2.05) is 6.20 Å². The third kappa shape index (κ3) is 3.16. The fourth-order valence-electron chi connectivity index (χ4n) is 2.59. The van der Waals surface area contributed by atoms with Gasteiger partial charge in [0.05, 0.1) is 41.0 Å². The molecule has 0 spiro atoms. The van der Waals surface area contributed by atoms with E-state index in [2.05, 4.69) is 32.0 Å². The standard InChI is InChI=1S/C14H18ClN5O/c1-2-13-12(19-14-16-7-10(15)8-17-14)9-18-20(13)11-3-5-21-6-4-11/h7-9,11H,2-6H2,1H3,(H,16,17,19). The molecule has 112 valence electrons. The van der Waals surface area contributed by atoms with Gasteiger partial charge in [-0.2, -0.15) is 5.10 Å². The third-order valence-corrected chi connectivity index (χ3v) is 3.83. The second kappa shape index (κ2) is 6.41. The maximum atomic E-state index is 5.80. The molecule has 1 saturated heterocycles. The van der Waals surface area contributed by atoms with E-state index in [0.29, 0.717) is 17.0 Å². The predicted molar refractivity (Wildman–Crippen MR) is 81.0 cm³/mol. The molecule has 0 aromatic carbocycles. The zero-order chi connectivity index (χ0) is 14.7. The number of hydrogen-bond acceptors (Lipinski definition) is 5. The molecule has 1 aliphatic rings. The number of anilines is 2. The first kappa shape index (κ1) is 14.3. The van der Waals surface area contributed by atoms with E-state index >= 15 is 0 Å². The van der Waals surface area contributed by atoms with Crippen LogP contribution in [0.5, 0.6) is 0 Å². The third-order valence-electron chi connectivity index (χ3n) is 3.64. The second-order valence-electron chi connectivity index (χ2n) is 5.00. The Labute approximate surface area is 128 Å². The van der Waals surface area contributed by atoms with Gasteiger partial charge in [-0.05, 0) is 19.3 Å². The lowest BCUT2D eigenvalue weighted by atomic mass is 10.1. The Balaban J connectivity index is 1.82.